The van der Waals surface area contributed by atoms with E-state index in [1.54, 1.807) is 18.2 Å². The summed E-state index contributed by atoms with van der Waals surface area (Å²) in [5.41, 5.74) is 0. The summed E-state index contributed by atoms with van der Waals surface area (Å²) in [6.07, 6.45) is 2.98. The molecule has 1 fully saturated rings. The van der Waals surface area contributed by atoms with Crippen LogP contribution in [0, 0.1) is 0 Å². The standard InChI is InChI=1S/C12H15Br2NO3S/c13-9-3-4-11(14)12(8-9)19(16,17)15-6-5-10-2-1-7-18-10/h3-4,8,10,15H,1-2,5-7H2. The highest BCUT2D eigenvalue weighted by atomic mass is 79.9. The molecule has 1 heterocycles. The van der Waals surface area contributed by atoms with Gasteiger partial charge in [-0.15, -0.1) is 0 Å². The van der Waals surface area contributed by atoms with Crippen LogP contribution in [0.4, 0.5) is 0 Å². The second-order valence-corrected chi connectivity index (χ2v) is 7.90. The molecule has 1 aliphatic heterocycles. The number of sulfonamides is 1. The van der Waals surface area contributed by atoms with Crippen LogP contribution in [0.5, 0.6) is 0 Å². The Kier molecular flexibility index (Phi) is 5.42. The number of halogens is 2. The van der Waals surface area contributed by atoms with E-state index in [0.29, 0.717) is 17.4 Å². The molecule has 1 unspecified atom stereocenters. The van der Waals surface area contributed by atoms with Gasteiger partial charge in [0.25, 0.3) is 0 Å². The fraction of sp³-hybridized carbons (Fsp3) is 0.500. The molecule has 0 saturated carbocycles. The van der Waals surface area contributed by atoms with Gasteiger partial charge in [0.05, 0.1) is 11.0 Å². The first-order valence-electron chi connectivity index (χ1n) is 6.05. The molecular formula is C12H15Br2NO3S. The topological polar surface area (TPSA) is 55.4 Å². The molecule has 0 aliphatic carbocycles. The lowest BCUT2D eigenvalue weighted by Gasteiger charge is -2.11. The van der Waals surface area contributed by atoms with E-state index in [1.165, 1.54) is 0 Å². The van der Waals surface area contributed by atoms with Crippen LogP contribution < -0.4 is 4.72 Å². The van der Waals surface area contributed by atoms with Crippen LogP contribution in [0.15, 0.2) is 32.0 Å². The second-order valence-electron chi connectivity index (χ2n) is 4.40. The Bertz CT molecular complexity index is 542. The lowest BCUT2D eigenvalue weighted by atomic mass is 10.2. The Balaban J connectivity index is 1.99. The smallest absolute Gasteiger partial charge is 0.241 e. The van der Waals surface area contributed by atoms with Crippen molar-refractivity contribution in [1.29, 1.82) is 0 Å². The number of nitrogens with one attached hydrogen (secondary N) is 1. The van der Waals surface area contributed by atoms with Gasteiger partial charge in [-0.05, 0) is 53.4 Å². The predicted molar refractivity (Wildman–Crippen MR) is 80.6 cm³/mol. The molecule has 1 N–H and O–H groups in total. The van der Waals surface area contributed by atoms with Gasteiger partial charge in [-0.25, -0.2) is 13.1 Å². The summed E-state index contributed by atoms with van der Waals surface area (Å²) in [6, 6.07) is 5.08. The highest BCUT2D eigenvalue weighted by molar-refractivity contribution is 9.11. The first kappa shape index (κ1) is 15.4. The first-order chi connectivity index (χ1) is 8.99. The Hall–Kier alpha value is 0.0500. The van der Waals surface area contributed by atoms with Gasteiger partial charge in [0.15, 0.2) is 0 Å². The molecular weight excluding hydrogens is 398 g/mol. The fourth-order valence-electron chi connectivity index (χ4n) is 1.99. The number of ether oxygens (including phenoxy) is 1. The van der Waals surface area contributed by atoms with E-state index in [4.69, 9.17) is 4.74 Å². The van der Waals surface area contributed by atoms with Crippen molar-refractivity contribution in [3.05, 3.63) is 27.1 Å². The maximum absolute atomic E-state index is 12.2. The summed E-state index contributed by atoms with van der Waals surface area (Å²) in [4.78, 5) is 0.245. The van der Waals surface area contributed by atoms with Gasteiger partial charge >= 0.3 is 0 Å². The molecule has 0 aromatic heterocycles. The molecule has 1 aliphatic rings. The van der Waals surface area contributed by atoms with Gasteiger partial charge in [-0.3, -0.25) is 0 Å². The van der Waals surface area contributed by atoms with E-state index in [9.17, 15) is 8.42 Å². The third-order valence-electron chi connectivity index (χ3n) is 2.97. The molecule has 1 aromatic carbocycles. The Labute approximate surface area is 130 Å². The monoisotopic (exact) mass is 411 g/mol. The van der Waals surface area contributed by atoms with Gasteiger partial charge < -0.3 is 4.74 Å². The number of benzene rings is 1. The zero-order chi connectivity index (χ0) is 13.9. The van der Waals surface area contributed by atoms with Crippen molar-refractivity contribution in [3.63, 3.8) is 0 Å². The molecule has 0 spiro atoms. The minimum Gasteiger partial charge on any atom is -0.378 e. The molecule has 1 atom stereocenters. The zero-order valence-electron chi connectivity index (χ0n) is 10.2. The molecule has 7 heteroatoms. The van der Waals surface area contributed by atoms with E-state index in [2.05, 4.69) is 36.6 Å². The SMILES string of the molecule is O=S(=O)(NCCC1CCCO1)c1cc(Br)ccc1Br. The number of hydrogen-bond acceptors (Lipinski definition) is 3. The third kappa shape index (κ3) is 4.26. The van der Waals surface area contributed by atoms with Crippen molar-refractivity contribution in [2.45, 2.75) is 30.3 Å². The van der Waals surface area contributed by atoms with Crippen LogP contribution in [0.1, 0.15) is 19.3 Å². The summed E-state index contributed by atoms with van der Waals surface area (Å²) >= 11 is 6.54. The van der Waals surface area contributed by atoms with E-state index < -0.39 is 10.0 Å². The minimum atomic E-state index is -3.49. The van der Waals surface area contributed by atoms with Crippen molar-refractivity contribution in [2.24, 2.45) is 0 Å². The molecule has 1 saturated heterocycles. The normalized spacial score (nSPS) is 19.8. The molecule has 1 aromatic rings. The van der Waals surface area contributed by atoms with E-state index in [-0.39, 0.29) is 11.0 Å². The molecule has 4 nitrogen and oxygen atoms in total. The molecule has 0 amide bonds. The highest BCUT2D eigenvalue weighted by Crippen LogP contribution is 2.25. The first-order valence-corrected chi connectivity index (χ1v) is 9.12. The van der Waals surface area contributed by atoms with Crippen molar-refractivity contribution in [1.82, 2.24) is 4.72 Å². The Morgan fingerprint density at radius 2 is 2.16 bits per heavy atom. The Morgan fingerprint density at radius 1 is 1.37 bits per heavy atom. The van der Waals surface area contributed by atoms with Gasteiger partial charge in [-0.1, -0.05) is 15.9 Å². The fourth-order valence-corrected chi connectivity index (χ4v) is 4.53. The molecule has 0 radical (unpaired) electrons. The summed E-state index contributed by atoms with van der Waals surface area (Å²) in [5, 5.41) is 0. The lowest BCUT2D eigenvalue weighted by Crippen LogP contribution is -2.27. The average Bonchev–Trinajstić information content (AvgIpc) is 2.85. The van der Waals surface area contributed by atoms with Crippen molar-refractivity contribution in [3.8, 4) is 0 Å². The van der Waals surface area contributed by atoms with E-state index >= 15 is 0 Å². The van der Waals surface area contributed by atoms with Gasteiger partial charge in [0.2, 0.25) is 10.0 Å². The maximum atomic E-state index is 12.2. The van der Waals surface area contributed by atoms with Crippen molar-refractivity contribution < 1.29 is 13.2 Å². The van der Waals surface area contributed by atoms with Crippen molar-refractivity contribution in [2.75, 3.05) is 13.2 Å². The maximum Gasteiger partial charge on any atom is 0.241 e. The largest absolute Gasteiger partial charge is 0.378 e. The predicted octanol–water partition coefficient (Wildman–Crippen LogP) is 3.06. The van der Waals surface area contributed by atoms with E-state index in [0.717, 1.165) is 23.9 Å². The third-order valence-corrected chi connectivity index (χ3v) is 5.91. The van der Waals surface area contributed by atoms with Crippen LogP contribution in [0.2, 0.25) is 0 Å². The summed E-state index contributed by atoms with van der Waals surface area (Å²) in [6.45, 7) is 1.18. The molecule has 2 rings (SSSR count). The summed E-state index contributed by atoms with van der Waals surface area (Å²) < 4.78 is 33.7. The van der Waals surface area contributed by atoms with Crippen LogP contribution in [0.25, 0.3) is 0 Å². The number of rotatable bonds is 5. The average molecular weight is 413 g/mol. The highest BCUT2D eigenvalue weighted by Gasteiger charge is 2.20. The molecule has 106 valence electrons. The van der Waals surface area contributed by atoms with Gasteiger partial charge in [0, 0.05) is 22.1 Å². The van der Waals surface area contributed by atoms with Crippen LogP contribution >= 0.6 is 31.9 Å². The van der Waals surface area contributed by atoms with Crippen LogP contribution in [-0.2, 0) is 14.8 Å². The van der Waals surface area contributed by atoms with E-state index in [1.807, 2.05) is 0 Å². The molecule has 0 bridgehead atoms. The zero-order valence-corrected chi connectivity index (χ0v) is 14.2. The quantitative estimate of drug-likeness (QED) is 0.808. The minimum absolute atomic E-state index is 0.189. The van der Waals surface area contributed by atoms with Gasteiger partial charge in [0.1, 0.15) is 0 Å². The van der Waals surface area contributed by atoms with Crippen LogP contribution in [-0.4, -0.2) is 27.7 Å². The number of hydrogen-bond donors (Lipinski definition) is 1. The molecule has 19 heavy (non-hydrogen) atoms. The second kappa shape index (κ2) is 6.67. The summed E-state index contributed by atoms with van der Waals surface area (Å²) in [5.74, 6) is 0. The van der Waals surface area contributed by atoms with Crippen LogP contribution in [0.3, 0.4) is 0 Å². The Morgan fingerprint density at radius 3 is 2.84 bits per heavy atom. The lowest BCUT2D eigenvalue weighted by molar-refractivity contribution is 0.105. The van der Waals surface area contributed by atoms with Gasteiger partial charge in [-0.2, -0.15) is 0 Å². The van der Waals surface area contributed by atoms with Crippen molar-refractivity contribution >= 4 is 41.9 Å². The summed E-state index contributed by atoms with van der Waals surface area (Å²) in [7, 11) is -3.49.